The maximum absolute atomic E-state index is 13.1. The van der Waals surface area contributed by atoms with E-state index in [1.54, 1.807) is 17.0 Å². The number of hydrogen-bond acceptors (Lipinski definition) is 2. The number of amides is 2. The fraction of sp³-hybridized carbons (Fsp3) is 0.529. The van der Waals surface area contributed by atoms with Crippen molar-refractivity contribution < 1.29 is 14.0 Å². The van der Waals surface area contributed by atoms with Crippen LogP contribution >= 0.6 is 0 Å². The second kappa shape index (κ2) is 5.71. The van der Waals surface area contributed by atoms with Crippen molar-refractivity contribution in [2.24, 2.45) is 11.7 Å². The standard InChI is InChI=1S/C17H21FN2O2/c18-14-6-4-13(5-7-14)17(8-2-9-17)16(22)20-10-1-3-12(11-20)15(19)21/h4-7,12H,1-3,8-11H2,(H2,19,21). The Labute approximate surface area is 129 Å². The summed E-state index contributed by atoms with van der Waals surface area (Å²) in [6, 6.07) is 6.24. The van der Waals surface area contributed by atoms with E-state index in [9.17, 15) is 14.0 Å². The number of primary amides is 1. The molecule has 1 atom stereocenters. The van der Waals surface area contributed by atoms with E-state index in [0.717, 1.165) is 37.7 Å². The lowest BCUT2D eigenvalue weighted by atomic mass is 9.63. The normalized spacial score (nSPS) is 23.7. The van der Waals surface area contributed by atoms with Crippen LogP contribution < -0.4 is 5.73 Å². The highest BCUT2D eigenvalue weighted by molar-refractivity contribution is 5.90. The molecular weight excluding hydrogens is 283 g/mol. The van der Waals surface area contributed by atoms with Crippen LogP contribution in [0, 0.1) is 11.7 Å². The van der Waals surface area contributed by atoms with Gasteiger partial charge in [0.25, 0.3) is 0 Å². The Morgan fingerprint density at radius 2 is 1.86 bits per heavy atom. The maximum atomic E-state index is 13.1. The Kier molecular flexibility index (Phi) is 3.89. The van der Waals surface area contributed by atoms with Crippen molar-refractivity contribution in [2.45, 2.75) is 37.5 Å². The minimum absolute atomic E-state index is 0.0660. The molecule has 1 heterocycles. The third-order valence-electron chi connectivity index (χ3n) is 5.12. The first-order valence-corrected chi connectivity index (χ1v) is 7.88. The van der Waals surface area contributed by atoms with Gasteiger partial charge in [0, 0.05) is 13.1 Å². The lowest BCUT2D eigenvalue weighted by Gasteiger charge is -2.45. The summed E-state index contributed by atoms with van der Waals surface area (Å²) in [7, 11) is 0. The summed E-state index contributed by atoms with van der Waals surface area (Å²) in [5, 5.41) is 0. The molecule has 2 amide bonds. The zero-order valence-corrected chi connectivity index (χ0v) is 12.6. The van der Waals surface area contributed by atoms with Gasteiger partial charge in [0.1, 0.15) is 5.82 Å². The van der Waals surface area contributed by atoms with Gasteiger partial charge in [0.15, 0.2) is 0 Å². The van der Waals surface area contributed by atoms with E-state index >= 15 is 0 Å². The van der Waals surface area contributed by atoms with E-state index in [2.05, 4.69) is 0 Å². The van der Waals surface area contributed by atoms with Crippen LogP contribution in [0.4, 0.5) is 4.39 Å². The van der Waals surface area contributed by atoms with Crippen LogP contribution in [0.15, 0.2) is 24.3 Å². The van der Waals surface area contributed by atoms with Crippen molar-refractivity contribution in [3.8, 4) is 0 Å². The van der Waals surface area contributed by atoms with Crippen LogP contribution in [-0.4, -0.2) is 29.8 Å². The molecule has 1 saturated heterocycles. The first-order chi connectivity index (χ1) is 10.5. The molecule has 1 saturated carbocycles. The monoisotopic (exact) mass is 304 g/mol. The molecular formula is C17H21FN2O2. The van der Waals surface area contributed by atoms with E-state index in [-0.39, 0.29) is 23.5 Å². The predicted octanol–water partition coefficient (Wildman–Crippen LogP) is 1.97. The number of benzene rings is 1. The summed E-state index contributed by atoms with van der Waals surface area (Å²) >= 11 is 0. The molecule has 2 fully saturated rings. The largest absolute Gasteiger partial charge is 0.369 e. The predicted molar refractivity (Wildman–Crippen MR) is 80.4 cm³/mol. The fourth-order valence-electron chi connectivity index (χ4n) is 3.62. The van der Waals surface area contributed by atoms with Gasteiger partial charge in [0.2, 0.25) is 11.8 Å². The van der Waals surface area contributed by atoms with E-state index in [1.807, 2.05) is 0 Å². The second-order valence-electron chi connectivity index (χ2n) is 6.44. The zero-order chi connectivity index (χ0) is 15.7. The molecule has 22 heavy (non-hydrogen) atoms. The van der Waals surface area contributed by atoms with Crippen LogP contribution in [0.1, 0.15) is 37.7 Å². The average molecular weight is 304 g/mol. The first-order valence-electron chi connectivity index (χ1n) is 7.88. The fourth-order valence-corrected chi connectivity index (χ4v) is 3.62. The summed E-state index contributed by atoms with van der Waals surface area (Å²) in [5.41, 5.74) is 5.74. The molecule has 118 valence electrons. The lowest BCUT2D eigenvalue weighted by Crippen LogP contribution is -2.54. The Morgan fingerprint density at radius 1 is 1.18 bits per heavy atom. The van der Waals surface area contributed by atoms with Gasteiger partial charge in [-0.25, -0.2) is 4.39 Å². The molecule has 3 rings (SSSR count). The minimum atomic E-state index is -0.534. The second-order valence-corrected chi connectivity index (χ2v) is 6.44. The number of halogens is 1. The SMILES string of the molecule is NC(=O)C1CCCN(C(=O)C2(c3ccc(F)cc3)CCC2)C1. The third-order valence-corrected chi connectivity index (χ3v) is 5.12. The summed E-state index contributed by atoms with van der Waals surface area (Å²) in [6.45, 7) is 1.09. The molecule has 1 aromatic carbocycles. The number of nitrogens with two attached hydrogens (primary N) is 1. The molecule has 2 N–H and O–H groups in total. The first kappa shape index (κ1) is 15.0. The Hall–Kier alpha value is -1.91. The molecule has 1 aliphatic heterocycles. The molecule has 0 bridgehead atoms. The van der Waals surface area contributed by atoms with Crippen LogP contribution in [0.3, 0.4) is 0 Å². The molecule has 1 aliphatic carbocycles. The molecule has 0 radical (unpaired) electrons. The van der Waals surface area contributed by atoms with E-state index in [4.69, 9.17) is 5.73 Å². The smallest absolute Gasteiger partial charge is 0.233 e. The highest BCUT2D eigenvalue weighted by atomic mass is 19.1. The number of likely N-dealkylation sites (tertiary alicyclic amines) is 1. The minimum Gasteiger partial charge on any atom is -0.369 e. The highest BCUT2D eigenvalue weighted by Gasteiger charge is 2.48. The van der Waals surface area contributed by atoms with E-state index in [1.165, 1.54) is 12.1 Å². The van der Waals surface area contributed by atoms with Crippen molar-refractivity contribution >= 4 is 11.8 Å². The number of piperidine rings is 1. The Morgan fingerprint density at radius 3 is 2.41 bits per heavy atom. The van der Waals surface area contributed by atoms with Crippen molar-refractivity contribution in [1.82, 2.24) is 4.90 Å². The number of hydrogen-bond donors (Lipinski definition) is 1. The molecule has 5 heteroatoms. The summed E-state index contributed by atoms with van der Waals surface area (Å²) in [4.78, 5) is 26.2. The molecule has 1 unspecified atom stereocenters. The van der Waals surface area contributed by atoms with Gasteiger partial charge in [-0.1, -0.05) is 18.6 Å². The van der Waals surface area contributed by atoms with Crippen LogP contribution in [-0.2, 0) is 15.0 Å². The van der Waals surface area contributed by atoms with Crippen molar-refractivity contribution in [3.05, 3.63) is 35.6 Å². The van der Waals surface area contributed by atoms with Gasteiger partial charge in [-0.3, -0.25) is 9.59 Å². The van der Waals surface area contributed by atoms with Crippen LogP contribution in [0.2, 0.25) is 0 Å². The van der Waals surface area contributed by atoms with Gasteiger partial charge in [-0.15, -0.1) is 0 Å². The lowest BCUT2D eigenvalue weighted by molar-refractivity contribution is -0.143. The van der Waals surface area contributed by atoms with Crippen molar-refractivity contribution in [1.29, 1.82) is 0 Å². The molecule has 0 aromatic heterocycles. The maximum Gasteiger partial charge on any atom is 0.233 e. The van der Waals surface area contributed by atoms with Crippen LogP contribution in [0.25, 0.3) is 0 Å². The Bertz CT molecular complexity index is 581. The number of carbonyl (C=O) groups is 2. The van der Waals surface area contributed by atoms with Crippen molar-refractivity contribution in [2.75, 3.05) is 13.1 Å². The summed E-state index contributed by atoms with van der Waals surface area (Å²) in [5.74, 6) is -0.807. The average Bonchev–Trinajstić information content (AvgIpc) is 2.48. The molecule has 1 aromatic rings. The highest BCUT2D eigenvalue weighted by Crippen LogP contribution is 2.45. The summed E-state index contributed by atoms with van der Waals surface area (Å²) in [6.07, 6.45) is 4.13. The molecule has 4 nitrogen and oxygen atoms in total. The van der Waals surface area contributed by atoms with E-state index < -0.39 is 5.41 Å². The summed E-state index contributed by atoms with van der Waals surface area (Å²) < 4.78 is 13.1. The topological polar surface area (TPSA) is 63.4 Å². The Balaban J connectivity index is 1.82. The number of rotatable bonds is 3. The van der Waals surface area contributed by atoms with Gasteiger partial charge in [-0.2, -0.15) is 0 Å². The third kappa shape index (κ3) is 2.49. The van der Waals surface area contributed by atoms with E-state index in [0.29, 0.717) is 13.1 Å². The van der Waals surface area contributed by atoms with Crippen LogP contribution in [0.5, 0.6) is 0 Å². The van der Waals surface area contributed by atoms with Gasteiger partial charge in [-0.05, 0) is 43.4 Å². The molecule has 2 aliphatic rings. The number of nitrogens with zero attached hydrogens (tertiary/aromatic N) is 1. The quantitative estimate of drug-likeness (QED) is 0.928. The molecule has 0 spiro atoms. The zero-order valence-electron chi connectivity index (χ0n) is 12.6. The van der Waals surface area contributed by atoms with Crippen molar-refractivity contribution in [3.63, 3.8) is 0 Å². The van der Waals surface area contributed by atoms with Gasteiger partial charge in [0.05, 0.1) is 11.3 Å². The van der Waals surface area contributed by atoms with Gasteiger partial charge < -0.3 is 10.6 Å². The number of carbonyl (C=O) groups excluding carboxylic acids is 2. The van der Waals surface area contributed by atoms with Gasteiger partial charge >= 0.3 is 0 Å².